The summed E-state index contributed by atoms with van der Waals surface area (Å²) in [5.41, 5.74) is 0.443. The van der Waals surface area contributed by atoms with Gasteiger partial charge in [-0.2, -0.15) is 5.26 Å². The van der Waals surface area contributed by atoms with Crippen LogP contribution in [0.4, 0.5) is 5.82 Å². The predicted octanol–water partition coefficient (Wildman–Crippen LogP) is 1.73. The smallest absolute Gasteiger partial charge is 0.310 e. The Hall–Kier alpha value is -2.69. The molecule has 0 aliphatic carbocycles. The summed E-state index contributed by atoms with van der Waals surface area (Å²) in [6.45, 7) is 4.60. The van der Waals surface area contributed by atoms with Crippen molar-refractivity contribution < 1.29 is 22.7 Å². The first-order chi connectivity index (χ1) is 17.5. The molecular weight excluding hydrogens is 536 g/mol. The fourth-order valence-electron chi connectivity index (χ4n) is 5.12. The zero-order valence-electron chi connectivity index (χ0n) is 20.9. The molecule has 4 heterocycles. The summed E-state index contributed by atoms with van der Waals surface area (Å²) in [7, 11) is -1.65. The number of anilines is 1. The number of hydrogen-bond donors (Lipinski definition) is 0. The van der Waals surface area contributed by atoms with Crippen LogP contribution in [0.15, 0.2) is 9.70 Å². The van der Waals surface area contributed by atoms with Crippen molar-refractivity contribution in [1.29, 1.82) is 5.26 Å². The Morgan fingerprint density at radius 2 is 2.05 bits per heavy atom. The average Bonchev–Trinajstić information content (AvgIpc) is 3.34. The van der Waals surface area contributed by atoms with Crippen molar-refractivity contribution in [2.24, 2.45) is 13.0 Å². The van der Waals surface area contributed by atoms with Crippen LogP contribution in [0.3, 0.4) is 0 Å². The Balaban J connectivity index is 1.78. The Kier molecular flexibility index (Phi) is 7.83. The number of amides is 1. The second kappa shape index (κ2) is 10.6. The van der Waals surface area contributed by atoms with Gasteiger partial charge in [0, 0.05) is 25.7 Å². The van der Waals surface area contributed by atoms with Gasteiger partial charge in [0.15, 0.2) is 9.84 Å². The molecule has 3 aliphatic rings. The van der Waals surface area contributed by atoms with Gasteiger partial charge in [-0.05, 0) is 44.7 Å². The monoisotopic (exact) mass is 564 g/mol. The van der Waals surface area contributed by atoms with Gasteiger partial charge in [0.1, 0.15) is 21.8 Å². The van der Waals surface area contributed by atoms with E-state index in [9.17, 15) is 28.1 Å². The van der Waals surface area contributed by atoms with E-state index in [2.05, 4.69) is 0 Å². The molecule has 13 heteroatoms. The lowest BCUT2D eigenvalue weighted by molar-refractivity contribution is -0.148. The second-order valence-corrected chi connectivity index (χ2v) is 13.3. The maximum Gasteiger partial charge on any atom is 0.310 e. The Morgan fingerprint density at radius 3 is 2.68 bits per heavy atom. The van der Waals surface area contributed by atoms with Crippen LogP contribution in [0.2, 0.25) is 0 Å². The molecule has 3 saturated heterocycles. The van der Waals surface area contributed by atoms with Gasteiger partial charge in [-0.15, -0.1) is 0 Å². The number of pyridine rings is 1. The standard InChI is InChI=1S/C24H28N4O6S3/c1-4-34-23(31)15-6-5-8-27(12-15)20-17(14(2)18(11-25)21(29)26(20)3)10-19-22(30)28(24(35)36-19)16-7-9-37(32,33)13-16/h10,15-16H,4-9,12-13H2,1-3H3. The molecule has 2 unspecified atom stereocenters. The van der Waals surface area contributed by atoms with E-state index in [4.69, 9.17) is 17.0 Å². The predicted molar refractivity (Wildman–Crippen MR) is 145 cm³/mol. The third-order valence-corrected chi connectivity index (χ3v) is 10.1. The van der Waals surface area contributed by atoms with E-state index in [-0.39, 0.29) is 39.9 Å². The fourth-order valence-corrected chi connectivity index (χ4v) is 8.20. The molecule has 37 heavy (non-hydrogen) atoms. The Labute approximate surface area is 225 Å². The number of nitriles is 1. The third-order valence-electron chi connectivity index (χ3n) is 6.98. The molecule has 0 bridgehead atoms. The molecule has 0 aromatic carbocycles. The normalized spacial score (nSPS) is 24.5. The number of piperidine rings is 1. The summed E-state index contributed by atoms with van der Waals surface area (Å²) in [6.07, 6.45) is 3.32. The summed E-state index contributed by atoms with van der Waals surface area (Å²) in [4.78, 5) is 42.5. The van der Waals surface area contributed by atoms with Gasteiger partial charge in [0.25, 0.3) is 11.5 Å². The number of nitrogens with zero attached hydrogens (tertiary/aromatic N) is 4. The fraction of sp³-hybridized carbons (Fsp3) is 0.542. The van der Waals surface area contributed by atoms with Crippen LogP contribution in [0.25, 0.3) is 6.08 Å². The summed E-state index contributed by atoms with van der Waals surface area (Å²) in [6, 6.07) is 1.47. The van der Waals surface area contributed by atoms with Crippen molar-refractivity contribution in [2.75, 3.05) is 36.1 Å². The molecule has 1 aromatic heterocycles. The minimum Gasteiger partial charge on any atom is -0.466 e. The second-order valence-electron chi connectivity index (χ2n) is 9.36. The quantitative estimate of drug-likeness (QED) is 0.296. The summed E-state index contributed by atoms with van der Waals surface area (Å²) < 4.78 is 30.9. The molecule has 3 fully saturated rings. The highest BCUT2D eigenvalue weighted by Crippen LogP contribution is 2.38. The van der Waals surface area contributed by atoms with Gasteiger partial charge >= 0.3 is 5.97 Å². The largest absolute Gasteiger partial charge is 0.466 e. The zero-order chi connectivity index (χ0) is 27.1. The van der Waals surface area contributed by atoms with Gasteiger partial charge in [-0.3, -0.25) is 23.9 Å². The van der Waals surface area contributed by atoms with E-state index in [1.807, 2.05) is 11.0 Å². The van der Waals surface area contributed by atoms with Crippen LogP contribution in [-0.2, 0) is 31.2 Å². The van der Waals surface area contributed by atoms with E-state index >= 15 is 0 Å². The van der Waals surface area contributed by atoms with Gasteiger partial charge in [0.05, 0.1) is 35.0 Å². The van der Waals surface area contributed by atoms with Crippen molar-refractivity contribution in [3.8, 4) is 6.07 Å². The van der Waals surface area contributed by atoms with Crippen molar-refractivity contribution in [3.63, 3.8) is 0 Å². The maximum atomic E-state index is 13.4. The first-order valence-corrected chi connectivity index (χ1v) is 15.1. The molecular formula is C24H28N4O6S3. The number of thioether (sulfide) groups is 1. The summed E-state index contributed by atoms with van der Waals surface area (Å²) in [5, 5.41) is 9.70. The molecule has 1 aromatic rings. The number of carbonyl (C=O) groups is 2. The van der Waals surface area contributed by atoms with Crippen molar-refractivity contribution in [1.82, 2.24) is 9.47 Å². The number of thiocarbonyl (C=S) groups is 1. The van der Waals surface area contributed by atoms with Crippen LogP contribution in [0, 0.1) is 24.2 Å². The minimum absolute atomic E-state index is 0.0138. The van der Waals surface area contributed by atoms with Crippen LogP contribution < -0.4 is 10.5 Å². The number of esters is 1. The number of hydrogen-bond acceptors (Lipinski definition) is 10. The van der Waals surface area contributed by atoms with Crippen LogP contribution in [-0.4, -0.2) is 71.3 Å². The molecule has 0 N–H and O–H groups in total. The lowest BCUT2D eigenvalue weighted by atomic mass is 9.96. The highest BCUT2D eigenvalue weighted by Gasteiger charge is 2.42. The van der Waals surface area contributed by atoms with Gasteiger partial charge in [-0.25, -0.2) is 8.42 Å². The molecule has 198 valence electrons. The summed E-state index contributed by atoms with van der Waals surface area (Å²) in [5.74, 6) is -0.660. The lowest BCUT2D eigenvalue weighted by Crippen LogP contribution is -2.42. The van der Waals surface area contributed by atoms with Crippen molar-refractivity contribution >= 4 is 61.9 Å². The summed E-state index contributed by atoms with van der Waals surface area (Å²) >= 11 is 6.51. The Bertz CT molecular complexity index is 1410. The van der Waals surface area contributed by atoms with Gasteiger partial charge in [-0.1, -0.05) is 24.0 Å². The number of rotatable bonds is 5. The molecule has 4 rings (SSSR count). The highest BCUT2D eigenvalue weighted by atomic mass is 32.2. The number of ether oxygens (including phenoxy) is 1. The van der Waals surface area contributed by atoms with Gasteiger partial charge < -0.3 is 9.64 Å². The maximum absolute atomic E-state index is 13.4. The molecule has 1 amide bonds. The first-order valence-electron chi connectivity index (χ1n) is 12.0. The molecule has 0 spiro atoms. The van der Waals surface area contributed by atoms with E-state index < -0.39 is 27.3 Å². The van der Waals surface area contributed by atoms with Gasteiger partial charge in [0.2, 0.25) is 0 Å². The minimum atomic E-state index is -3.22. The molecule has 2 atom stereocenters. The van der Waals surface area contributed by atoms with E-state index in [1.165, 1.54) is 9.47 Å². The third kappa shape index (κ3) is 5.19. The van der Waals surface area contributed by atoms with Crippen LogP contribution in [0.1, 0.15) is 42.9 Å². The van der Waals surface area contributed by atoms with Crippen molar-refractivity contribution in [2.45, 2.75) is 39.2 Å². The topological polar surface area (TPSA) is 130 Å². The van der Waals surface area contributed by atoms with E-state index in [1.54, 1.807) is 27.0 Å². The zero-order valence-corrected chi connectivity index (χ0v) is 23.3. The SMILES string of the molecule is CCOC(=O)C1CCCN(c2c(C=C3SC(=S)N(C4CCS(=O)(=O)C4)C3=O)c(C)c(C#N)c(=O)n2C)C1. The molecule has 3 aliphatic heterocycles. The number of sulfone groups is 1. The van der Waals surface area contributed by atoms with Crippen LogP contribution >= 0.6 is 24.0 Å². The first kappa shape index (κ1) is 27.3. The Morgan fingerprint density at radius 1 is 1.32 bits per heavy atom. The van der Waals surface area contributed by atoms with Crippen molar-refractivity contribution in [3.05, 3.63) is 31.9 Å². The van der Waals surface area contributed by atoms with E-state index in [0.717, 1.165) is 11.8 Å². The molecule has 10 nitrogen and oxygen atoms in total. The average molecular weight is 565 g/mol. The molecule has 0 saturated carbocycles. The number of aromatic nitrogens is 1. The molecule has 0 radical (unpaired) electrons. The van der Waals surface area contributed by atoms with Crippen LogP contribution in [0.5, 0.6) is 0 Å². The number of carbonyl (C=O) groups excluding carboxylic acids is 2. The van der Waals surface area contributed by atoms with E-state index in [0.29, 0.717) is 54.2 Å². The highest BCUT2D eigenvalue weighted by molar-refractivity contribution is 8.26. The lowest BCUT2D eigenvalue weighted by Gasteiger charge is -2.35.